The molecule has 2 aliphatic heterocycles. The van der Waals surface area contributed by atoms with Crippen LogP contribution in [0.25, 0.3) is 22.3 Å². The summed E-state index contributed by atoms with van der Waals surface area (Å²) in [7, 11) is 3.99. The lowest BCUT2D eigenvalue weighted by molar-refractivity contribution is -0.119. The molecule has 4 heterocycles. The number of benzene rings is 1. The SMILES string of the molecule is C[C@@H](Oc1nc(-c2ccc3c(c2)N(C)CCO3)cc2ncn(C)c12)C1CNC(=O)C1. The van der Waals surface area contributed by atoms with Crippen LogP contribution in [0.1, 0.15) is 13.3 Å². The van der Waals surface area contributed by atoms with Crippen molar-refractivity contribution in [3.05, 3.63) is 30.6 Å². The van der Waals surface area contributed by atoms with E-state index in [0.29, 0.717) is 25.5 Å². The second-order valence-electron chi connectivity index (χ2n) is 8.08. The second kappa shape index (κ2) is 7.19. The first kappa shape index (κ1) is 18.7. The molecular formula is C22H25N5O3. The van der Waals surface area contributed by atoms with E-state index in [4.69, 9.17) is 14.5 Å². The van der Waals surface area contributed by atoms with Crippen molar-refractivity contribution in [3.63, 3.8) is 0 Å². The summed E-state index contributed by atoms with van der Waals surface area (Å²) < 4.78 is 14.0. The van der Waals surface area contributed by atoms with E-state index in [1.807, 2.05) is 36.7 Å². The number of carbonyl (C=O) groups excluding carboxylic acids is 1. The van der Waals surface area contributed by atoms with Crippen LogP contribution >= 0.6 is 0 Å². The number of pyridine rings is 1. The molecule has 30 heavy (non-hydrogen) atoms. The lowest BCUT2D eigenvalue weighted by Crippen LogP contribution is -2.28. The number of amides is 1. The highest BCUT2D eigenvalue weighted by Crippen LogP contribution is 2.36. The van der Waals surface area contributed by atoms with Crippen LogP contribution in [0.15, 0.2) is 30.6 Å². The third-order valence-electron chi connectivity index (χ3n) is 5.98. The minimum Gasteiger partial charge on any atom is -0.490 e. The van der Waals surface area contributed by atoms with Gasteiger partial charge in [0.05, 0.1) is 29.8 Å². The number of carbonyl (C=O) groups is 1. The van der Waals surface area contributed by atoms with E-state index in [-0.39, 0.29) is 17.9 Å². The zero-order valence-corrected chi connectivity index (χ0v) is 17.4. The molecule has 1 amide bonds. The normalized spacial score (nSPS) is 19.4. The molecule has 0 aliphatic carbocycles. The summed E-state index contributed by atoms with van der Waals surface area (Å²) in [6, 6.07) is 8.09. The molecule has 2 aromatic heterocycles. The number of ether oxygens (including phenoxy) is 2. The maximum absolute atomic E-state index is 11.6. The van der Waals surface area contributed by atoms with Crippen molar-refractivity contribution in [2.45, 2.75) is 19.4 Å². The summed E-state index contributed by atoms with van der Waals surface area (Å²) in [5.74, 6) is 1.62. The predicted octanol–water partition coefficient (Wildman–Crippen LogP) is 2.37. The molecule has 1 N–H and O–H groups in total. The van der Waals surface area contributed by atoms with Gasteiger partial charge in [0.15, 0.2) is 0 Å². The molecule has 8 heteroatoms. The zero-order chi connectivity index (χ0) is 20.8. The molecular weight excluding hydrogens is 382 g/mol. The molecule has 3 aromatic rings. The van der Waals surface area contributed by atoms with Crippen LogP contribution in [-0.2, 0) is 11.8 Å². The smallest absolute Gasteiger partial charge is 0.241 e. The van der Waals surface area contributed by atoms with Gasteiger partial charge in [0.1, 0.15) is 24.0 Å². The van der Waals surface area contributed by atoms with Crippen molar-refractivity contribution in [3.8, 4) is 22.9 Å². The Morgan fingerprint density at radius 2 is 2.17 bits per heavy atom. The summed E-state index contributed by atoms with van der Waals surface area (Å²) in [5, 5.41) is 2.88. The van der Waals surface area contributed by atoms with Gasteiger partial charge in [-0.25, -0.2) is 9.97 Å². The Hall–Kier alpha value is -3.29. The molecule has 156 valence electrons. The Labute approximate surface area is 174 Å². The molecule has 1 fully saturated rings. The van der Waals surface area contributed by atoms with Crippen LogP contribution in [0.3, 0.4) is 0 Å². The van der Waals surface area contributed by atoms with Crippen LogP contribution in [0.4, 0.5) is 5.69 Å². The number of rotatable bonds is 4. The minimum absolute atomic E-state index is 0.0724. The zero-order valence-electron chi connectivity index (χ0n) is 17.4. The van der Waals surface area contributed by atoms with Crippen LogP contribution in [0.5, 0.6) is 11.6 Å². The number of fused-ring (bicyclic) bond motifs is 2. The van der Waals surface area contributed by atoms with Crippen molar-refractivity contribution >= 4 is 22.6 Å². The van der Waals surface area contributed by atoms with E-state index in [1.165, 1.54) is 0 Å². The third kappa shape index (κ3) is 3.22. The maximum Gasteiger partial charge on any atom is 0.241 e. The fraction of sp³-hybridized carbons (Fsp3) is 0.409. The van der Waals surface area contributed by atoms with E-state index in [9.17, 15) is 4.79 Å². The average Bonchev–Trinajstić information content (AvgIpc) is 3.34. The number of anilines is 1. The number of aromatic nitrogens is 3. The predicted molar refractivity (Wildman–Crippen MR) is 114 cm³/mol. The third-order valence-corrected chi connectivity index (χ3v) is 5.98. The van der Waals surface area contributed by atoms with Crippen molar-refractivity contribution in [1.29, 1.82) is 0 Å². The summed E-state index contributed by atoms with van der Waals surface area (Å²) >= 11 is 0. The Morgan fingerprint density at radius 1 is 1.30 bits per heavy atom. The Morgan fingerprint density at radius 3 is 2.97 bits per heavy atom. The molecule has 0 saturated carbocycles. The highest BCUT2D eigenvalue weighted by molar-refractivity contribution is 5.85. The van der Waals surface area contributed by atoms with E-state index >= 15 is 0 Å². The molecule has 2 atom stereocenters. The quantitative estimate of drug-likeness (QED) is 0.715. The largest absolute Gasteiger partial charge is 0.490 e. The van der Waals surface area contributed by atoms with Crippen LogP contribution in [0, 0.1) is 5.92 Å². The molecule has 1 aromatic carbocycles. The van der Waals surface area contributed by atoms with Gasteiger partial charge in [-0.15, -0.1) is 0 Å². The topological polar surface area (TPSA) is 81.5 Å². The number of imidazole rings is 1. The summed E-state index contributed by atoms with van der Waals surface area (Å²) in [4.78, 5) is 23.2. The first-order valence-electron chi connectivity index (χ1n) is 10.2. The van der Waals surface area contributed by atoms with Gasteiger partial charge in [-0.2, -0.15) is 0 Å². The first-order chi connectivity index (χ1) is 14.5. The average molecular weight is 407 g/mol. The van der Waals surface area contributed by atoms with Gasteiger partial charge in [0.25, 0.3) is 0 Å². The molecule has 0 bridgehead atoms. The Balaban J connectivity index is 1.54. The van der Waals surface area contributed by atoms with Crippen molar-refractivity contribution in [2.24, 2.45) is 13.0 Å². The van der Waals surface area contributed by atoms with Gasteiger partial charge < -0.3 is 24.3 Å². The second-order valence-corrected chi connectivity index (χ2v) is 8.08. The van der Waals surface area contributed by atoms with Gasteiger partial charge in [0, 0.05) is 38.5 Å². The highest BCUT2D eigenvalue weighted by Gasteiger charge is 2.29. The van der Waals surface area contributed by atoms with Gasteiger partial charge in [0.2, 0.25) is 11.8 Å². The standard InChI is InChI=1S/C22H25N5O3/c1-13(15-9-20(28)23-11-15)30-22-21-17(24-12-27(21)3)10-16(25-22)14-4-5-19-18(8-14)26(2)6-7-29-19/h4-5,8,10,12-13,15H,6-7,9,11H2,1-3H3,(H,23,28)/t13-,15?/m1/s1. The fourth-order valence-electron chi connectivity index (χ4n) is 4.11. The molecule has 1 unspecified atom stereocenters. The summed E-state index contributed by atoms with van der Waals surface area (Å²) in [6.45, 7) is 4.16. The van der Waals surface area contributed by atoms with E-state index in [2.05, 4.69) is 28.3 Å². The van der Waals surface area contributed by atoms with Crippen LogP contribution < -0.4 is 19.7 Å². The molecule has 8 nitrogen and oxygen atoms in total. The van der Waals surface area contributed by atoms with E-state index in [0.717, 1.165) is 40.3 Å². The van der Waals surface area contributed by atoms with Gasteiger partial charge in [-0.3, -0.25) is 4.79 Å². The maximum atomic E-state index is 11.6. The van der Waals surface area contributed by atoms with E-state index < -0.39 is 0 Å². The molecule has 5 rings (SSSR count). The number of nitrogens with one attached hydrogen (secondary N) is 1. The van der Waals surface area contributed by atoms with Crippen LogP contribution in [-0.4, -0.2) is 53.3 Å². The molecule has 2 aliphatic rings. The lowest BCUT2D eigenvalue weighted by atomic mass is 10.0. The van der Waals surface area contributed by atoms with Crippen LogP contribution in [0.2, 0.25) is 0 Å². The molecule has 0 spiro atoms. The summed E-state index contributed by atoms with van der Waals surface area (Å²) in [5.41, 5.74) is 4.50. The van der Waals surface area contributed by atoms with Crippen molar-refractivity contribution in [2.75, 3.05) is 31.6 Å². The Kier molecular flexibility index (Phi) is 4.49. The van der Waals surface area contributed by atoms with Crippen molar-refractivity contribution < 1.29 is 14.3 Å². The number of nitrogens with zero attached hydrogens (tertiary/aromatic N) is 4. The lowest BCUT2D eigenvalue weighted by Gasteiger charge is -2.28. The minimum atomic E-state index is -0.145. The molecule has 1 saturated heterocycles. The van der Waals surface area contributed by atoms with Gasteiger partial charge >= 0.3 is 0 Å². The van der Waals surface area contributed by atoms with Crippen molar-refractivity contribution in [1.82, 2.24) is 19.9 Å². The van der Waals surface area contributed by atoms with Gasteiger partial charge in [-0.1, -0.05) is 0 Å². The van der Waals surface area contributed by atoms with E-state index in [1.54, 1.807) is 6.33 Å². The first-order valence-corrected chi connectivity index (χ1v) is 10.2. The fourth-order valence-corrected chi connectivity index (χ4v) is 4.11. The number of hydrogen-bond donors (Lipinski definition) is 1. The Bertz CT molecular complexity index is 1130. The monoisotopic (exact) mass is 407 g/mol. The van der Waals surface area contributed by atoms with Gasteiger partial charge in [-0.05, 0) is 31.2 Å². The highest BCUT2D eigenvalue weighted by atomic mass is 16.5. The number of aryl methyl sites for hydroxylation is 1. The number of likely N-dealkylation sites (N-methyl/N-ethyl adjacent to an activating group) is 1. The number of hydrogen-bond acceptors (Lipinski definition) is 6. The molecule has 0 radical (unpaired) electrons. The summed E-state index contributed by atoms with van der Waals surface area (Å²) in [6.07, 6.45) is 2.10.